The molecule has 0 fully saturated rings. The molecule has 2 heterocycles. The van der Waals surface area contributed by atoms with Crippen molar-refractivity contribution in [3.63, 3.8) is 0 Å². The fourth-order valence-electron chi connectivity index (χ4n) is 3.78. The average Bonchev–Trinajstić information content (AvgIpc) is 3.09. The predicted octanol–water partition coefficient (Wildman–Crippen LogP) is 3.65. The summed E-state index contributed by atoms with van der Waals surface area (Å²) < 4.78 is 28.5. The summed E-state index contributed by atoms with van der Waals surface area (Å²) in [5.41, 5.74) is 1.92. The molecule has 1 N–H and O–H groups in total. The van der Waals surface area contributed by atoms with Gasteiger partial charge in [-0.2, -0.15) is 0 Å². The predicted molar refractivity (Wildman–Crippen MR) is 94.3 cm³/mol. The van der Waals surface area contributed by atoms with E-state index in [0.29, 0.717) is 23.0 Å². The van der Waals surface area contributed by atoms with Crippen molar-refractivity contribution in [1.82, 2.24) is 0 Å². The number of aromatic hydroxyl groups is 1. The third kappa shape index (κ3) is 2.44. The minimum Gasteiger partial charge on any atom is -0.508 e. The van der Waals surface area contributed by atoms with Crippen LogP contribution in [0.4, 0.5) is 0 Å². The Morgan fingerprint density at radius 2 is 1.77 bits per heavy atom. The Hall–Kier alpha value is -2.60. The third-order valence-corrected chi connectivity index (χ3v) is 5.44. The fraction of sp³-hybridized carbons (Fsp3) is 0.400. The van der Waals surface area contributed by atoms with Crippen LogP contribution >= 0.6 is 0 Å². The van der Waals surface area contributed by atoms with Crippen molar-refractivity contribution in [3.8, 4) is 28.7 Å². The van der Waals surface area contributed by atoms with Gasteiger partial charge in [0.25, 0.3) is 0 Å². The summed E-state index contributed by atoms with van der Waals surface area (Å²) in [5, 5.41) is 9.84. The molecule has 0 saturated heterocycles. The van der Waals surface area contributed by atoms with Crippen molar-refractivity contribution in [2.45, 2.75) is 25.6 Å². The molecule has 2 aliphatic rings. The minimum absolute atomic E-state index is 0.0289. The van der Waals surface area contributed by atoms with Gasteiger partial charge in [0, 0.05) is 49.1 Å². The van der Waals surface area contributed by atoms with Crippen molar-refractivity contribution in [2.75, 3.05) is 21.0 Å². The van der Waals surface area contributed by atoms with Crippen LogP contribution in [-0.4, -0.2) is 31.9 Å². The van der Waals surface area contributed by atoms with Gasteiger partial charge in [-0.3, -0.25) is 0 Å². The first-order valence-electron chi connectivity index (χ1n) is 8.51. The molecule has 6 heteroatoms. The molecular weight excluding hydrogens is 336 g/mol. The summed E-state index contributed by atoms with van der Waals surface area (Å²) in [6.07, 6.45) is 0. The first-order chi connectivity index (χ1) is 12.5. The monoisotopic (exact) mass is 358 g/mol. The number of hydrogen-bond acceptors (Lipinski definition) is 6. The van der Waals surface area contributed by atoms with Crippen molar-refractivity contribution < 1.29 is 28.8 Å². The Labute approximate surface area is 152 Å². The van der Waals surface area contributed by atoms with Gasteiger partial charge in [-0.15, -0.1) is 0 Å². The van der Waals surface area contributed by atoms with Crippen molar-refractivity contribution in [2.24, 2.45) is 5.92 Å². The maximum Gasteiger partial charge on any atom is 0.231 e. The van der Waals surface area contributed by atoms with Crippen LogP contribution in [0.1, 0.15) is 30.9 Å². The van der Waals surface area contributed by atoms with E-state index >= 15 is 0 Å². The van der Waals surface area contributed by atoms with Gasteiger partial charge in [-0.1, -0.05) is 13.0 Å². The van der Waals surface area contributed by atoms with E-state index in [0.717, 1.165) is 11.1 Å². The molecule has 6 nitrogen and oxygen atoms in total. The topological polar surface area (TPSA) is 66.4 Å². The first-order valence-corrected chi connectivity index (χ1v) is 8.51. The van der Waals surface area contributed by atoms with Crippen LogP contribution in [0, 0.1) is 5.92 Å². The highest BCUT2D eigenvalue weighted by Crippen LogP contribution is 2.53. The van der Waals surface area contributed by atoms with Gasteiger partial charge in [0.2, 0.25) is 12.6 Å². The van der Waals surface area contributed by atoms with E-state index < -0.39 is 5.79 Å². The lowest BCUT2D eigenvalue weighted by molar-refractivity contribution is -0.194. The van der Waals surface area contributed by atoms with E-state index in [-0.39, 0.29) is 24.4 Å². The first kappa shape index (κ1) is 16.8. The second-order valence-electron chi connectivity index (χ2n) is 6.76. The molecule has 0 radical (unpaired) electrons. The summed E-state index contributed by atoms with van der Waals surface area (Å²) >= 11 is 0. The maximum absolute atomic E-state index is 9.84. The van der Waals surface area contributed by atoms with Gasteiger partial charge in [-0.25, -0.2) is 0 Å². The van der Waals surface area contributed by atoms with Crippen LogP contribution in [0.3, 0.4) is 0 Å². The zero-order valence-electron chi connectivity index (χ0n) is 15.2. The number of hydrogen-bond donors (Lipinski definition) is 1. The normalized spacial score (nSPS) is 26.2. The van der Waals surface area contributed by atoms with Gasteiger partial charge in [0.05, 0.1) is 7.11 Å². The van der Waals surface area contributed by atoms with E-state index in [4.69, 9.17) is 23.7 Å². The number of phenolic OH excluding ortho intramolecular Hbond substituents is 1. The highest BCUT2D eigenvalue weighted by atomic mass is 16.7. The van der Waals surface area contributed by atoms with Crippen LogP contribution in [0.15, 0.2) is 30.3 Å². The number of methoxy groups -OCH3 is 2. The molecule has 26 heavy (non-hydrogen) atoms. The summed E-state index contributed by atoms with van der Waals surface area (Å²) in [4.78, 5) is 0. The van der Waals surface area contributed by atoms with Gasteiger partial charge < -0.3 is 28.8 Å². The molecule has 0 spiro atoms. The van der Waals surface area contributed by atoms with Crippen LogP contribution < -0.4 is 18.9 Å². The second-order valence-corrected chi connectivity index (χ2v) is 6.76. The molecular formula is C20H22O6. The SMILES string of the molecule is COc1cc(O)ccc1C1c2cc3c(cc2OC(C)(OC)C1C)OCO3. The number of ether oxygens (including phenoxy) is 5. The number of phenols is 1. The Morgan fingerprint density at radius 1 is 1.04 bits per heavy atom. The molecule has 0 saturated carbocycles. The lowest BCUT2D eigenvalue weighted by atomic mass is 9.75. The fourth-order valence-corrected chi connectivity index (χ4v) is 3.78. The Kier molecular flexibility index (Phi) is 3.88. The Bertz CT molecular complexity index is 848. The van der Waals surface area contributed by atoms with E-state index in [1.165, 1.54) is 0 Å². The molecule has 2 aromatic carbocycles. The van der Waals surface area contributed by atoms with Crippen LogP contribution in [0.2, 0.25) is 0 Å². The van der Waals surface area contributed by atoms with E-state index in [9.17, 15) is 5.11 Å². The molecule has 0 amide bonds. The molecule has 2 aliphatic heterocycles. The highest BCUT2D eigenvalue weighted by molar-refractivity contribution is 5.58. The zero-order valence-corrected chi connectivity index (χ0v) is 15.2. The maximum atomic E-state index is 9.84. The smallest absolute Gasteiger partial charge is 0.231 e. The molecule has 2 aromatic rings. The summed E-state index contributed by atoms with van der Waals surface area (Å²) in [5.74, 6) is 1.89. The largest absolute Gasteiger partial charge is 0.508 e. The van der Waals surface area contributed by atoms with E-state index in [1.54, 1.807) is 26.4 Å². The van der Waals surface area contributed by atoms with Crippen molar-refractivity contribution in [1.29, 1.82) is 0 Å². The lowest BCUT2D eigenvalue weighted by Crippen LogP contribution is -2.47. The second kappa shape index (κ2) is 5.99. The number of fused-ring (bicyclic) bond motifs is 2. The standard InChI is InChI=1S/C20H22O6/c1-11-19(13-6-5-12(21)7-15(13)22-3)14-8-17-18(25-10-24-17)9-16(14)26-20(11,2)23-4/h5-9,11,19,21H,10H2,1-4H3. The number of rotatable bonds is 3. The van der Waals surface area contributed by atoms with Gasteiger partial charge in [0.15, 0.2) is 11.5 Å². The minimum atomic E-state index is -0.825. The third-order valence-electron chi connectivity index (χ3n) is 5.44. The molecule has 3 unspecified atom stereocenters. The highest BCUT2D eigenvalue weighted by Gasteiger charge is 2.47. The summed E-state index contributed by atoms with van der Waals surface area (Å²) in [7, 11) is 3.23. The Balaban J connectivity index is 1.93. The summed E-state index contributed by atoms with van der Waals surface area (Å²) in [6.45, 7) is 4.20. The van der Waals surface area contributed by atoms with E-state index in [2.05, 4.69) is 6.92 Å². The van der Waals surface area contributed by atoms with Crippen molar-refractivity contribution in [3.05, 3.63) is 41.5 Å². The number of benzene rings is 2. The van der Waals surface area contributed by atoms with E-state index in [1.807, 2.05) is 25.1 Å². The molecule has 138 valence electrons. The van der Waals surface area contributed by atoms with Crippen LogP contribution in [-0.2, 0) is 4.74 Å². The van der Waals surface area contributed by atoms with Gasteiger partial charge in [-0.05, 0) is 12.1 Å². The van der Waals surface area contributed by atoms with Crippen molar-refractivity contribution >= 4 is 0 Å². The molecule has 0 aliphatic carbocycles. The van der Waals surface area contributed by atoms with Crippen LogP contribution in [0.5, 0.6) is 28.7 Å². The van der Waals surface area contributed by atoms with Gasteiger partial charge >= 0.3 is 0 Å². The lowest BCUT2D eigenvalue weighted by Gasteiger charge is -2.44. The summed E-state index contributed by atoms with van der Waals surface area (Å²) in [6, 6.07) is 8.97. The quantitative estimate of drug-likeness (QED) is 0.903. The molecule has 4 rings (SSSR count). The molecule has 0 aromatic heterocycles. The van der Waals surface area contributed by atoms with Crippen LogP contribution in [0.25, 0.3) is 0 Å². The molecule has 3 atom stereocenters. The van der Waals surface area contributed by atoms with Gasteiger partial charge in [0.1, 0.15) is 17.2 Å². The average molecular weight is 358 g/mol. The Morgan fingerprint density at radius 3 is 2.46 bits per heavy atom. The molecule has 0 bridgehead atoms. The zero-order chi connectivity index (χ0) is 18.5.